The van der Waals surface area contributed by atoms with Crippen molar-refractivity contribution in [2.45, 2.75) is 26.3 Å². The van der Waals surface area contributed by atoms with Crippen LogP contribution in [0.5, 0.6) is 0 Å². The highest BCUT2D eigenvalue weighted by atomic mass is 16.5. The molecule has 1 atom stereocenters. The normalized spacial score (nSPS) is 15.9. The van der Waals surface area contributed by atoms with E-state index >= 15 is 0 Å². The molecule has 0 N–H and O–H groups in total. The van der Waals surface area contributed by atoms with Crippen molar-refractivity contribution in [2.24, 2.45) is 0 Å². The summed E-state index contributed by atoms with van der Waals surface area (Å²) in [7, 11) is 0. The number of aromatic nitrogens is 2. The van der Waals surface area contributed by atoms with Gasteiger partial charge in [-0.3, -0.25) is 9.69 Å². The van der Waals surface area contributed by atoms with Gasteiger partial charge in [0.15, 0.2) is 5.78 Å². The number of benzene rings is 1. The molecule has 30 heavy (non-hydrogen) atoms. The number of hydrogen-bond donors (Lipinski definition) is 0. The fourth-order valence-electron chi connectivity index (χ4n) is 3.41. The summed E-state index contributed by atoms with van der Waals surface area (Å²) in [5, 5.41) is 0. The number of hydrogen-bond acceptors (Lipinski definition) is 7. The van der Waals surface area contributed by atoms with Crippen molar-refractivity contribution < 1.29 is 14.3 Å². The quantitative estimate of drug-likeness (QED) is 0.622. The first kappa shape index (κ1) is 21.6. The number of nitrogens with zero attached hydrogens (tertiary/aromatic N) is 4. The lowest BCUT2D eigenvalue weighted by Gasteiger charge is -2.37. The van der Waals surface area contributed by atoms with Crippen LogP contribution in [0.1, 0.15) is 36.2 Å². The van der Waals surface area contributed by atoms with E-state index in [1.54, 1.807) is 6.92 Å². The van der Waals surface area contributed by atoms with E-state index in [1.807, 2.05) is 49.4 Å². The Labute approximate surface area is 177 Å². The average Bonchev–Trinajstić information content (AvgIpc) is 2.80. The zero-order valence-electron chi connectivity index (χ0n) is 17.5. The van der Waals surface area contributed by atoms with E-state index in [9.17, 15) is 9.59 Å². The Hall–Kier alpha value is -3.06. The Morgan fingerprint density at radius 1 is 1.07 bits per heavy atom. The van der Waals surface area contributed by atoms with Crippen molar-refractivity contribution in [3.8, 4) is 0 Å². The minimum atomic E-state index is -0.417. The molecular weight excluding hydrogens is 380 g/mol. The molecule has 1 unspecified atom stereocenters. The number of anilines is 1. The van der Waals surface area contributed by atoms with Crippen molar-refractivity contribution in [2.75, 3.05) is 37.7 Å². The topological polar surface area (TPSA) is 75.6 Å². The summed E-state index contributed by atoms with van der Waals surface area (Å²) in [5.74, 6) is 0.381. The standard InChI is InChI=1S/C23H28N4O3/c1-3-21(28)20(11-10-18-8-6-5-7-9-18)26-12-14-27(15-13-26)23-24-16-19(17-25-23)22(29)30-4-2/h5-11,16-17,20H,3-4,12-15H2,1-2H3/b11-10+. The SMILES string of the molecule is CCOC(=O)c1cnc(N2CCN(C(/C=C/c3ccccc3)C(=O)CC)CC2)nc1. The van der Waals surface area contributed by atoms with Crippen LogP contribution in [0.25, 0.3) is 6.08 Å². The van der Waals surface area contributed by atoms with Gasteiger partial charge in [-0.1, -0.05) is 49.4 Å². The van der Waals surface area contributed by atoms with Crippen molar-refractivity contribution in [1.29, 1.82) is 0 Å². The maximum Gasteiger partial charge on any atom is 0.341 e. The maximum absolute atomic E-state index is 12.6. The maximum atomic E-state index is 12.6. The zero-order chi connectivity index (χ0) is 21.3. The van der Waals surface area contributed by atoms with E-state index in [-0.39, 0.29) is 11.8 Å². The summed E-state index contributed by atoms with van der Waals surface area (Å²) < 4.78 is 4.96. The summed E-state index contributed by atoms with van der Waals surface area (Å²) in [4.78, 5) is 37.2. The monoisotopic (exact) mass is 408 g/mol. The highest BCUT2D eigenvalue weighted by Gasteiger charge is 2.27. The van der Waals surface area contributed by atoms with Gasteiger partial charge in [0.25, 0.3) is 0 Å². The molecule has 0 radical (unpaired) electrons. The van der Waals surface area contributed by atoms with Gasteiger partial charge in [-0.2, -0.15) is 0 Å². The molecule has 0 spiro atoms. The van der Waals surface area contributed by atoms with Crippen molar-refractivity contribution in [3.05, 3.63) is 59.9 Å². The van der Waals surface area contributed by atoms with E-state index in [4.69, 9.17) is 4.74 Å². The molecule has 2 heterocycles. The van der Waals surface area contributed by atoms with Crippen LogP contribution in [0.15, 0.2) is 48.8 Å². The number of Topliss-reactive ketones (excluding diaryl/α,β-unsaturated/α-hetero) is 1. The second-order valence-electron chi connectivity index (χ2n) is 7.05. The van der Waals surface area contributed by atoms with Gasteiger partial charge in [-0.05, 0) is 12.5 Å². The molecule has 1 saturated heterocycles. The molecule has 0 saturated carbocycles. The van der Waals surface area contributed by atoms with Gasteiger partial charge in [0.05, 0.1) is 18.2 Å². The zero-order valence-corrected chi connectivity index (χ0v) is 17.5. The predicted octanol–water partition coefficient (Wildman–Crippen LogP) is 2.84. The van der Waals surface area contributed by atoms with Crippen LogP contribution in [0.2, 0.25) is 0 Å². The lowest BCUT2D eigenvalue weighted by atomic mass is 10.1. The molecule has 158 valence electrons. The van der Waals surface area contributed by atoms with Crippen LogP contribution < -0.4 is 4.90 Å². The van der Waals surface area contributed by atoms with E-state index < -0.39 is 5.97 Å². The Balaban J connectivity index is 1.62. The number of piperazine rings is 1. The van der Waals surface area contributed by atoms with Crippen molar-refractivity contribution in [3.63, 3.8) is 0 Å². The largest absolute Gasteiger partial charge is 0.462 e. The summed E-state index contributed by atoms with van der Waals surface area (Å²) >= 11 is 0. The molecule has 0 aliphatic carbocycles. The third kappa shape index (κ3) is 5.51. The molecule has 1 fully saturated rings. The van der Waals surface area contributed by atoms with E-state index in [2.05, 4.69) is 19.8 Å². The lowest BCUT2D eigenvalue weighted by molar-refractivity contribution is -0.122. The van der Waals surface area contributed by atoms with E-state index in [1.165, 1.54) is 12.4 Å². The summed E-state index contributed by atoms with van der Waals surface area (Å²) in [6.07, 6.45) is 7.52. The molecule has 1 aromatic carbocycles. The van der Waals surface area contributed by atoms with Gasteiger partial charge in [-0.15, -0.1) is 0 Å². The van der Waals surface area contributed by atoms with Crippen LogP contribution >= 0.6 is 0 Å². The average molecular weight is 409 g/mol. The number of rotatable bonds is 8. The minimum Gasteiger partial charge on any atom is -0.462 e. The molecule has 7 heteroatoms. The van der Waals surface area contributed by atoms with Crippen LogP contribution in [-0.2, 0) is 9.53 Å². The second kappa shape index (κ2) is 10.6. The molecular formula is C23H28N4O3. The number of ketones is 1. The minimum absolute atomic E-state index is 0.214. The van der Waals surface area contributed by atoms with E-state index in [0.717, 1.165) is 18.7 Å². The number of carbonyl (C=O) groups excluding carboxylic acids is 2. The number of esters is 1. The lowest BCUT2D eigenvalue weighted by Crippen LogP contribution is -2.52. The van der Waals surface area contributed by atoms with Gasteiger partial charge < -0.3 is 9.64 Å². The third-order valence-corrected chi connectivity index (χ3v) is 5.09. The van der Waals surface area contributed by atoms with Gasteiger partial charge in [0, 0.05) is 45.0 Å². The first-order valence-electron chi connectivity index (χ1n) is 10.4. The van der Waals surface area contributed by atoms with Gasteiger partial charge >= 0.3 is 5.97 Å². The van der Waals surface area contributed by atoms with Gasteiger partial charge in [0.2, 0.25) is 5.95 Å². The molecule has 7 nitrogen and oxygen atoms in total. The van der Waals surface area contributed by atoms with E-state index in [0.29, 0.717) is 37.6 Å². The molecule has 1 aliphatic heterocycles. The molecule has 0 bridgehead atoms. The van der Waals surface area contributed by atoms with Crippen molar-refractivity contribution >= 4 is 23.8 Å². The Morgan fingerprint density at radius 3 is 2.33 bits per heavy atom. The first-order valence-corrected chi connectivity index (χ1v) is 10.4. The summed E-state index contributed by atoms with van der Waals surface area (Å²) in [5.41, 5.74) is 1.43. The Bertz CT molecular complexity index is 860. The molecule has 3 rings (SSSR count). The van der Waals surface area contributed by atoms with Crippen LogP contribution in [0, 0.1) is 0 Å². The Morgan fingerprint density at radius 2 is 1.73 bits per heavy atom. The number of carbonyl (C=O) groups is 2. The summed E-state index contributed by atoms with van der Waals surface area (Å²) in [6, 6.07) is 9.78. The number of ether oxygens (including phenoxy) is 1. The first-order chi connectivity index (χ1) is 14.6. The van der Waals surface area contributed by atoms with Gasteiger partial charge in [0.1, 0.15) is 0 Å². The second-order valence-corrected chi connectivity index (χ2v) is 7.05. The molecule has 0 amide bonds. The van der Waals surface area contributed by atoms with Crippen LogP contribution in [0.3, 0.4) is 0 Å². The predicted molar refractivity (Wildman–Crippen MR) is 116 cm³/mol. The fraction of sp³-hybridized carbons (Fsp3) is 0.391. The highest BCUT2D eigenvalue weighted by Crippen LogP contribution is 2.16. The van der Waals surface area contributed by atoms with Crippen LogP contribution in [0.4, 0.5) is 5.95 Å². The summed E-state index contributed by atoms with van der Waals surface area (Å²) in [6.45, 7) is 6.88. The molecule has 1 aliphatic rings. The van der Waals surface area contributed by atoms with Crippen molar-refractivity contribution in [1.82, 2.24) is 14.9 Å². The Kier molecular flexibility index (Phi) is 7.68. The molecule has 2 aromatic rings. The molecule has 1 aromatic heterocycles. The highest BCUT2D eigenvalue weighted by molar-refractivity contribution is 5.88. The fourth-order valence-corrected chi connectivity index (χ4v) is 3.41. The van der Waals surface area contributed by atoms with Crippen LogP contribution in [-0.4, -0.2) is 65.4 Å². The van der Waals surface area contributed by atoms with Gasteiger partial charge in [-0.25, -0.2) is 14.8 Å². The third-order valence-electron chi connectivity index (χ3n) is 5.09. The smallest absolute Gasteiger partial charge is 0.341 e.